The van der Waals surface area contributed by atoms with E-state index in [-0.39, 0.29) is 0 Å². The molecule has 11 rings (SSSR count). The number of hydrogen-bond acceptors (Lipinski definition) is 2. The first-order valence-electron chi connectivity index (χ1n) is 19.6. The summed E-state index contributed by atoms with van der Waals surface area (Å²) >= 11 is 1.91. The van der Waals surface area contributed by atoms with Crippen LogP contribution >= 0.6 is 11.3 Å². The molecule has 0 saturated heterocycles. The van der Waals surface area contributed by atoms with Crippen molar-refractivity contribution in [2.24, 2.45) is 0 Å². The van der Waals surface area contributed by atoms with Gasteiger partial charge in [0.1, 0.15) is 0 Å². The van der Waals surface area contributed by atoms with Crippen molar-refractivity contribution in [3.05, 3.63) is 247 Å². The minimum absolute atomic E-state index is 0.459. The second kappa shape index (κ2) is 13.6. The van der Waals surface area contributed by atoms with Crippen LogP contribution in [-0.2, 0) is 5.41 Å². The Kier molecular flexibility index (Phi) is 7.98. The second-order valence-corrected chi connectivity index (χ2v) is 15.9. The summed E-state index contributed by atoms with van der Waals surface area (Å²) < 4.78 is 2.59. The molecule has 1 nitrogen and oxygen atoms in total. The summed E-state index contributed by atoms with van der Waals surface area (Å²) in [6.45, 7) is 0. The van der Waals surface area contributed by atoms with Crippen LogP contribution in [0.5, 0.6) is 0 Å². The van der Waals surface area contributed by atoms with Gasteiger partial charge < -0.3 is 4.90 Å². The molecule has 1 aliphatic carbocycles. The molecule has 0 saturated carbocycles. The topological polar surface area (TPSA) is 3.24 Å². The van der Waals surface area contributed by atoms with E-state index in [2.05, 4.69) is 229 Å². The van der Waals surface area contributed by atoms with Crippen LogP contribution in [0, 0.1) is 0 Å². The van der Waals surface area contributed by atoms with Crippen LogP contribution in [0.3, 0.4) is 0 Å². The van der Waals surface area contributed by atoms with E-state index in [0.29, 0.717) is 0 Å². The molecule has 57 heavy (non-hydrogen) atoms. The fourth-order valence-electron chi connectivity index (χ4n) is 9.26. The number of anilines is 3. The normalized spacial score (nSPS) is 12.7. The third-order valence-electron chi connectivity index (χ3n) is 11.7. The third-order valence-corrected chi connectivity index (χ3v) is 12.9. The van der Waals surface area contributed by atoms with E-state index in [1.54, 1.807) is 0 Å². The van der Waals surface area contributed by atoms with Crippen molar-refractivity contribution in [2.75, 3.05) is 4.90 Å². The predicted octanol–water partition coefficient (Wildman–Crippen LogP) is 15.2. The van der Waals surface area contributed by atoms with Gasteiger partial charge in [-0.3, -0.25) is 0 Å². The minimum Gasteiger partial charge on any atom is -0.310 e. The van der Waals surface area contributed by atoms with Gasteiger partial charge in [-0.05, 0) is 92.0 Å². The Morgan fingerprint density at radius 3 is 1.40 bits per heavy atom. The highest BCUT2D eigenvalue weighted by molar-refractivity contribution is 7.26. The van der Waals surface area contributed by atoms with Gasteiger partial charge in [-0.25, -0.2) is 0 Å². The van der Waals surface area contributed by atoms with Gasteiger partial charge in [-0.15, -0.1) is 11.3 Å². The monoisotopic (exact) mass is 743 g/mol. The van der Waals surface area contributed by atoms with Gasteiger partial charge in [0.25, 0.3) is 0 Å². The summed E-state index contributed by atoms with van der Waals surface area (Å²) in [5, 5.41) is 2.57. The predicted molar refractivity (Wildman–Crippen MR) is 242 cm³/mol. The van der Waals surface area contributed by atoms with Gasteiger partial charge >= 0.3 is 0 Å². The molecule has 9 aromatic carbocycles. The fourth-order valence-corrected chi connectivity index (χ4v) is 10.6. The lowest BCUT2D eigenvalue weighted by molar-refractivity contribution is 0.778. The first kappa shape index (κ1) is 33.3. The number of rotatable bonds is 7. The summed E-state index contributed by atoms with van der Waals surface area (Å²) in [5.74, 6) is 0. The lowest BCUT2D eigenvalue weighted by atomic mass is 9.67. The largest absolute Gasteiger partial charge is 0.310 e. The Morgan fingerprint density at radius 1 is 0.333 bits per heavy atom. The molecule has 0 spiro atoms. The molecule has 1 aromatic heterocycles. The lowest BCUT2D eigenvalue weighted by Gasteiger charge is -2.34. The van der Waals surface area contributed by atoms with E-state index in [4.69, 9.17) is 0 Å². The summed E-state index contributed by atoms with van der Waals surface area (Å²) in [7, 11) is 0. The Bertz CT molecular complexity index is 2940. The first-order chi connectivity index (χ1) is 28.3. The van der Waals surface area contributed by atoms with Gasteiger partial charge in [0.2, 0.25) is 0 Å². The van der Waals surface area contributed by atoms with Crippen molar-refractivity contribution in [1.82, 2.24) is 0 Å². The second-order valence-electron chi connectivity index (χ2n) is 14.8. The van der Waals surface area contributed by atoms with Crippen LogP contribution in [0.2, 0.25) is 0 Å². The van der Waals surface area contributed by atoms with Crippen molar-refractivity contribution in [2.45, 2.75) is 5.41 Å². The quantitative estimate of drug-likeness (QED) is 0.157. The molecule has 1 aliphatic rings. The van der Waals surface area contributed by atoms with Gasteiger partial charge in [0.15, 0.2) is 0 Å². The Hall–Kier alpha value is -7.00. The zero-order valence-electron chi connectivity index (χ0n) is 31.2. The standard InChI is InChI=1S/C55H37NS/c1-4-17-38(18-5-1)40-21-14-25-43(35-40)56(44-26-15-22-41(36-44)39-19-6-2-7-20-39)45-33-34-48-49-29-16-32-52(54(49)57-53(48)37-45)55(42-23-8-3-9-24-42)50-30-12-10-27-46(50)47-28-11-13-31-51(47)55/h1-37H. The highest BCUT2D eigenvalue weighted by Crippen LogP contribution is 2.58. The molecular weight excluding hydrogens is 707 g/mol. The van der Waals surface area contributed by atoms with Crippen LogP contribution in [0.4, 0.5) is 17.1 Å². The van der Waals surface area contributed by atoms with E-state index in [9.17, 15) is 0 Å². The molecule has 0 bridgehead atoms. The number of benzene rings is 9. The average Bonchev–Trinajstić information content (AvgIpc) is 3.81. The van der Waals surface area contributed by atoms with Gasteiger partial charge in [-0.1, -0.05) is 188 Å². The third kappa shape index (κ3) is 5.37. The highest BCUT2D eigenvalue weighted by Gasteiger charge is 2.47. The van der Waals surface area contributed by atoms with Gasteiger partial charge in [0, 0.05) is 37.2 Å². The maximum Gasteiger partial charge on any atom is 0.0727 e. The van der Waals surface area contributed by atoms with Crippen LogP contribution in [0.25, 0.3) is 53.6 Å². The Labute approximate surface area is 337 Å². The highest BCUT2D eigenvalue weighted by atomic mass is 32.1. The molecule has 10 aromatic rings. The summed E-state index contributed by atoms with van der Waals surface area (Å²) in [6, 6.07) is 82.3. The smallest absolute Gasteiger partial charge is 0.0727 e. The van der Waals surface area contributed by atoms with Crippen molar-refractivity contribution < 1.29 is 0 Å². The summed E-state index contributed by atoms with van der Waals surface area (Å²) in [4.78, 5) is 2.42. The molecule has 1 heterocycles. The van der Waals surface area contributed by atoms with E-state index in [1.807, 2.05) is 11.3 Å². The fraction of sp³-hybridized carbons (Fsp3) is 0.0182. The zero-order valence-corrected chi connectivity index (χ0v) is 32.0. The molecule has 0 unspecified atom stereocenters. The molecule has 0 amide bonds. The average molecular weight is 744 g/mol. The van der Waals surface area contributed by atoms with Crippen molar-refractivity contribution in [3.63, 3.8) is 0 Å². The molecule has 0 radical (unpaired) electrons. The summed E-state index contributed by atoms with van der Waals surface area (Å²) in [5.41, 5.74) is 15.6. The zero-order chi connectivity index (χ0) is 37.8. The molecule has 0 N–H and O–H groups in total. The SMILES string of the molecule is c1ccc(-c2cccc(N(c3cccc(-c4ccccc4)c3)c3ccc4c(c3)sc3c(C5(c6ccccc6)c6ccccc6-c6ccccc65)cccc34)c2)cc1. The maximum absolute atomic E-state index is 2.42. The van der Waals surface area contributed by atoms with E-state index in [0.717, 1.165) is 17.1 Å². The number of hydrogen-bond donors (Lipinski definition) is 0. The van der Waals surface area contributed by atoms with Gasteiger partial charge in [0.05, 0.1) is 5.41 Å². The van der Waals surface area contributed by atoms with E-state index < -0.39 is 5.41 Å². The van der Waals surface area contributed by atoms with Gasteiger partial charge in [-0.2, -0.15) is 0 Å². The van der Waals surface area contributed by atoms with Crippen LogP contribution in [0.1, 0.15) is 22.3 Å². The summed E-state index contributed by atoms with van der Waals surface area (Å²) in [6.07, 6.45) is 0. The van der Waals surface area contributed by atoms with Crippen LogP contribution in [0.15, 0.2) is 224 Å². The number of fused-ring (bicyclic) bond motifs is 6. The Balaban J connectivity index is 1.13. The van der Waals surface area contributed by atoms with Crippen molar-refractivity contribution in [3.8, 4) is 33.4 Å². The van der Waals surface area contributed by atoms with E-state index in [1.165, 1.54) is 75.8 Å². The van der Waals surface area contributed by atoms with Crippen LogP contribution in [-0.4, -0.2) is 0 Å². The Morgan fingerprint density at radius 2 is 0.807 bits per heavy atom. The molecular formula is C55H37NS. The maximum atomic E-state index is 2.42. The van der Waals surface area contributed by atoms with Crippen molar-refractivity contribution in [1.29, 1.82) is 0 Å². The van der Waals surface area contributed by atoms with E-state index >= 15 is 0 Å². The molecule has 0 aliphatic heterocycles. The minimum atomic E-state index is -0.459. The first-order valence-corrected chi connectivity index (χ1v) is 20.4. The lowest BCUT2D eigenvalue weighted by Crippen LogP contribution is -2.28. The number of nitrogens with zero attached hydrogens (tertiary/aromatic N) is 1. The van der Waals surface area contributed by atoms with Crippen molar-refractivity contribution >= 4 is 48.6 Å². The molecule has 0 fully saturated rings. The molecule has 268 valence electrons. The molecule has 2 heteroatoms. The number of thiophene rings is 1. The van der Waals surface area contributed by atoms with Crippen LogP contribution < -0.4 is 4.90 Å². The molecule has 0 atom stereocenters.